The number of hydrogen-bond donors (Lipinski definition) is 0. The number of hydrogen-bond acceptors (Lipinski definition) is 3. The Morgan fingerprint density at radius 2 is 1.56 bits per heavy atom. The van der Waals surface area contributed by atoms with Crippen molar-refractivity contribution < 1.29 is 0 Å². The first-order valence-corrected chi connectivity index (χ1v) is 6.15. The average molecular weight is 241 g/mol. The van der Waals surface area contributed by atoms with E-state index in [-0.39, 0.29) is 5.41 Å². The van der Waals surface area contributed by atoms with Crippen LogP contribution in [0.15, 0.2) is 24.4 Å². The summed E-state index contributed by atoms with van der Waals surface area (Å²) in [5, 5.41) is 0. The largest absolute Gasteiger partial charge is 0.261 e. The highest BCUT2D eigenvalue weighted by atomic mass is 14.9. The normalized spacial score (nSPS) is 11.6. The summed E-state index contributed by atoms with van der Waals surface area (Å²) in [6, 6.07) is 6.02. The molecule has 0 amide bonds. The van der Waals surface area contributed by atoms with Crippen LogP contribution in [-0.4, -0.2) is 15.0 Å². The number of aryl methyl sites for hydroxylation is 2. The second-order valence-corrected chi connectivity index (χ2v) is 5.65. The van der Waals surface area contributed by atoms with Crippen molar-refractivity contribution in [1.82, 2.24) is 15.0 Å². The third-order valence-corrected chi connectivity index (χ3v) is 2.77. The summed E-state index contributed by atoms with van der Waals surface area (Å²) in [7, 11) is 0. The molecule has 2 aromatic rings. The van der Waals surface area contributed by atoms with Crippen LogP contribution in [0.25, 0.3) is 11.4 Å². The van der Waals surface area contributed by atoms with Crippen molar-refractivity contribution in [3.05, 3.63) is 41.5 Å². The van der Waals surface area contributed by atoms with Crippen LogP contribution in [0.5, 0.6) is 0 Å². The van der Waals surface area contributed by atoms with E-state index in [0.717, 1.165) is 28.5 Å². The molecule has 0 radical (unpaired) electrons. The molecule has 0 aliphatic carbocycles. The molecule has 0 aliphatic rings. The molecule has 3 heteroatoms. The Morgan fingerprint density at radius 3 is 2.11 bits per heavy atom. The van der Waals surface area contributed by atoms with Crippen LogP contribution < -0.4 is 0 Å². The van der Waals surface area contributed by atoms with Crippen LogP contribution in [-0.2, 0) is 5.41 Å². The van der Waals surface area contributed by atoms with Crippen molar-refractivity contribution in [2.45, 2.75) is 40.0 Å². The van der Waals surface area contributed by atoms with Gasteiger partial charge in [-0.1, -0.05) is 20.8 Å². The van der Waals surface area contributed by atoms with Gasteiger partial charge in [0.25, 0.3) is 0 Å². The Bertz CT molecular complexity index is 548. The molecule has 2 heterocycles. The van der Waals surface area contributed by atoms with Gasteiger partial charge in [-0.3, -0.25) is 4.98 Å². The summed E-state index contributed by atoms with van der Waals surface area (Å²) in [4.78, 5) is 13.4. The molecule has 0 fully saturated rings. The fraction of sp³-hybridized carbons (Fsp3) is 0.400. The van der Waals surface area contributed by atoms with E-state index in [1.54, 1.807) is 0 Å². The van der Waals surface area contributed by atoms with Gasteiger partial charge in [0, 0.05) is 34.3 Å². The highest BCUT2D eigenvalue weighted by Crippen LogP contribution is 2.24. The highest BCUT2D eigenvalue weighted by Gasteiger charge is 2.16. The molecule has 94 valence electrons. The van der Waals surface area contributed by atoms with Gasteiger partial charge in [0.15, 0.2) is 5.82 Å². The predicted molar refractivity (Wildman–Crippen MR) is 73.4 cm³/mol. The van der Waals surface area contributed by atoms with Crippen LogP contribution in [0.3, 0.4) is 0 Å². The third-order valence-electron chi connectivity index (χ3n) is 2.77. The fourth-order valence-electron chi connectivity index (χ4n) is 1.83. The molecule has 0 bridgehead atoms. The molecule has 18 heavy (non-hydrogen) atoms. The van der Waals surface area contributed by atoms with Gasteiger partial charge >= 0.3 is 0 Å². The molecule has 0 unspecified atom stereocenters. The maximum atomic E-state index is 4.49. The molecule has 3 nitrogen and oxygen atoms in total. The quantitative estimate of drug-likeness (QED) is 0.767. The second-order valence-electron chi connectivity index (χ2n) is 5.65. The van der Waals surface area contributed by atoms with Gasteiger partial charge in [-0.2, -0.15) is 0 Å². The van der Waals surface area contributed by atoms with E-state index in [2.05, 4.69) is 41.8 Å². The molecule has 0 aliphatic heterocycles. The van der Waals surface area contributed by atoms with Crippen molar-refractivity contribution in [2.75, 3.05) is 0 Å². The molecule has 0 atom stereocenters. The zero-order valence-electron chi connectivity index (χ0n) is 11.7. The summed E-state index contributed by atoms with van der Waals surface area (Å²) in [6.07, 6.45) is 1.83. The van der Waals surface area contributed by atoms with Gasteiger partial charge in [0.2, 0.25) is 0 Å². The van der Waals surface area contributed by atoms with Crippen LogP contribution in [0.1, 0.15) is 37.9 Å². The summed E-state index contributed by atoms with van der Waals surface area (Å²) >= 11 is 0. The third kappa shape index (κ3) is 2.73. The SMILES string of the molecule is Cc1cc(C)nc(-c2ccnc(C(C)(C)C)c2)n1. The number of rotatable bonds is 1. The number of nitrogens with zero attached hydrogens (tertiary/aromatic N) is 3. The minimum absolute atomic E-state index is 0.0366. The number of pyridine rings is 1. The van der Waals surface area contributed by atoms with E-state index < -0.39 is 0 Å². The van der Waals surface area contributed by atoms with E-state index in [1.807, 2.05) is 32.2 Å². The van der Waals surface area contributed by atoms with Gasteiger partial charge in [0.1, 0.15) is 0 Å². The first-order chi connectivity index (χ1) is 8.36. The van der Waals surface area contributed by atoms with E-state index in [9.17, 15) is 0 Å². The van der Waals surface area contributed by atoms with Crippen molar-refractivity contribution in [3.8, 4) is 11.4 Å². The van der Waals surface area contributed by atoms with Gasteiger partial charge in [-0.15, -0.1) is 0 Å². The lowest BCUT2D eigenvalue weighted by Gasteiger charge is -2.18. The van der Waals surface area contributed by atoms with E-state index in [4.69, 9.17) is 0 Å². The summed E-state index contributed by atoms with van der Waals surface area (Å²) in [5.41, 5.74) is 4.11. The fourth-order valence-corrected chi connectivity index (χ4v) is 1.83. The van der Waals surface area contributed by atoms with Crippen LogP contribution in [0.4, 0.5) is 0 Å². The van der Waals surface area contributed by atoms with Gasteiger partial charge in [0.05, 0.1) is 0 Å². The topological polar surface area (TPSA) is 38.7 Å². The minimum atomic E-state index is 0.0366. The molecule has 0 saturated carbocycles. The van der Waals surface area contributed by atoms with Gasteiger partial charge in [-0.05, 0) is 32.0 Å². The van der Waals surface area contributed by atoms with Crippen molar-refractivity contribution in [1.29, 1.82) is 0 Å². The molecule has 2 rings (SSSR count). The van der Waals surface area contributed by atoms with Gasteiger partial charge < -0.3 is 0 Å². The summed E-state index contributed by atoms with van der Waals surface area (Å²) < 4.78 is 0. The van der Waals surface area contributed by atoms with Crippen molar-refractivity contribution in [3.63, 3.8) is 0 Å². The lowest BCUT2D eigenvalue weighted by Crippen LogP contribution is -2.13. The average Bonchev–Trinajstić information content (AvgIpc) is 2.27. The van der Waals surface area contributed by atoms with Gasteiger partial charge in [-0.25, -0.2) is 9.97 Å². The molecular formula is C15H19N3. The summed E-state index contributed by atoms with van der Waals surface area (Å²) in [5.74, 6) is 0.778. The molecule has 0 aromatic carbocycles. The predicted octanol–water partition coefficient (Wildman–Crippen LogP) is 3.45. The smallest absolute Gasteiger partial charge is 0.159 e. The van der Waals surface area contributed by atoms with Crippen LogP contribution in [0.2, 0.25) is 0 Å². The second kappa shape index (κ2) is 4.48. The first-order valence-electron chi connectivity index (χ1n) is 6.15. The number of aromatic nitrogens is 3. The first kappa shape index (κ1) is 12.7. The Morgan fingerprint density at radius 1 is 0.944 bits per heavy atom. The Kier molecular flexibility index (Phi) is 3.16. The molecule has 2 aromatic heterocycles. The molecular weight excluding hydrogens is 222 g/mol. The summed E-state index contributed by atoms with van der Waals surface area (Å²) in [6.45, 7) is 10.4. The van der Waals surface area contributed by atoms with Crippen molar-refractivity contribution in [2.24, 2.45) is 0 Å². The zero-order valence-corrected chi connectivity index (χ0v) is 11.7. The highest BCUT2D eigenvalue weighted by molar-refractivity contribution is 5.55. The van der Waals surface area contributed by atoms with E-state index >= 15 is 0 Å². The molecule has 0 N–H and O–H groups in total. The monoisotopic (exact) mass is 241 g/mol. The maximum absolute atomic E-state index is 4.49. The minimum Gasteiger partial charge on any atom is -0.261 e. The van der Waals surface area contributed by atoms with E-state index in [0.29, 0.717) is 0 Å². The Balaban J connectivity index is 2.51. The Labute approximate surface area is 108 Å². The molecule has 0 saturated heterocycles. The molecule has 0 spiro atoms. The van der Waals surface area contributed by atoms with Crippen LogP contribution in [0, 0.1) is 13.8 Å². The van der Waals surface area contributed by atoms with Crippen LogP contribution >= 0.6 is 0 Å². The lowest BCUT2D eigenvalue weighted by molar-refractivity contribution is 0.569. The van der Waals surface area contributed by atoms with Crippen molar-refractivity contribution >= 4 is 0 Å². The maximum Gasteiger partial charge on any atom is 0.159 e. The zero-order chi connectivity index (χ0) is 13.3. The lowest BCUT2D eigenvalue weighted by atomic mass is 9.91. The Hall–Kier alpha value is -1.77. The van der Waals surface area contributed by atoms with E-state index in [1.165, 1.54) is 0 Å². The standard InChI is InChI=1S/C15H19N3/c1-10-8-11(2)18-14(17-10)12-6-7-16-13(9-12)15(3,4)5/h6-9H,1-5H3.